The zero-order valence-electron chi connectivity index (χ0n) is 5.53. The van der Waals surface area contributed by atoms with Gasteiger partial charge in [0.05, 0.1) is 19.8 Å². The van der Waals surface area contributed by atoms with E-state index in [1.54, 1.807) is 0 Å². The van der Waals surface area contributed by atoms with Gasteiger partial charge in [0.25, 0.3) is 0 Å². The van der Waals surface area contributed by atoms with E-state index in [1.807, 2.05) is 0 Å². The minimum atomic E-state index is -0.796. The van der Waals surface area contributed by atoms with Crippen molar-refractivity contribution >= 4 is 0 Å². The third kappa shape index (κ3) is 4.62. The molecule has 6 nitrogen and oxygen atoms in total. The van der Waals surface area contributed by atoms with E-state index in [0.29, 0.717) is 0 Å². The molecule has 0 radical (unpaired) electrons. The van der Waals surface area contributed by atoms with Gasteiger partial charge in [-0.2, -0.15) is 0 Å². The second kappa shape index (κ2) is 6.87. The van der Waals surface area contributed by atoms with Crippen molar-refractivity contribution in [2.75, 3.05) is 19.8 Å². The van der Waals surface area contributed by atoms with Gasteiger partial charge in [-0.05, 0) is 0 Å². The highest BCUT2D eigenvalue weighted by Crippen LogP contribution is 1.87. The summed E-state index contributed by atoms with van der Waals surface area (Å²) < 4.78 is 4.78. The highest BCUT2D eigenvalue weighted by Gasteiger charge is 2.04. The summed E-state index contributed by atoms with van der Waals surface area (Å²) >= 11 is 0. The molecule has 0 aromatic heterocycles. The van der Waals surface area contributed by atoms with Crippen molar-refractivity contribution in [3.8, 4) is 0 Å². The Labute approximate surface area is 58.6 Å². The van der Waals surface area contributed by atoms with Crippen LogP contribution in [0, 0.1) is 0 Å². The van der Waals surface area contributed by atoms with Crippen molar-refractivity contribution in [3.63, 3.8) is 0 Å². The molecule has 0 amide bonds. The molecular weight excluding hydrogens is 140 g/mol. The summed E-state index contributed by atoms with van der Waals surface area (Å²) in [4.78, 5) is 8.36. The average molecular weight is 152 g/mol. The molecule has 0 aliphatic carbocycles. The van der Waals surface area contributed by atoms with Gasteiger partial charge in [-0.3, -0.25) is 4.84 Å². The average Bonchev–Trinajstić information content (AvgIpc) is 1.99. The van der Waals surface area contributed by atoms with Crippen LogP contribution in [0.15, 0.2) is 0 Å². The minimum absolute atomic E-state index is 0.235. The summed E-state index contributed by atoms with van der Waals surface area (Å²) in [6, 6.07) is 0. The lowest BCUT2D eigenvalue weighted by Gasteiger charge is -2.11. The molecule has 0 aromatic rings. The van der Waals surface area contributed by atoms with E-state index in [1.165, 1.54) is 0 Å². The third-order valence-corrected chi connectivity index (χ3v) is 0.806. The number of aliphatic hydroxyl groups is 1. The first-order chi connectivity index (χ1) is 4.85. The molecule has 62 valence electrons. The molecule has 5 N–H and O–H groups in total. The Bertz CT molecular complexity index is 68.3. The molecule has 1 atom stereocenters. The van der Waals surface area contributed by atoms with Gasteiger partial charge in [-0.15, -0.1) is 0 Å². The van der Waals surface area contributed by atoms with Crippen LogP contribution in [-0.2, 0) is 14.4 Å². The van der Waals surface area contributed by atoms with E-state index < -0.39 is 6.29 Å². The molecular formula is C4H12N2O4. The van der Waals surface area contributed by atoms with Gasteiger partial charge >= 0.3 is 0 Å². The SMILES string of the molecule is NOCCOC(CO)ON. The Balaban J connectivity index is 3.09. The Hall–Kier alpha value is -0.240. The van der Waals surface area contributed by atoms with Gasteiger partial charge in [-0.1, -0.05) is 0 Å². The molecule has 0 bridgehead atoms. The van der Waals surface area contributed by atoms with Crippen LogP contribution in [-0.4, -0.2) is 31.2 Å². The van der Waals surface area contributed by atoms with Gasteiger partial charge in [0.15, 0.2) is 6.29 Å². The second-order valence-corrected chi connectivity index (χ2v) is 1.49. The predicted molar refractivity (Wildman–Crippen MR) is 32.2 cm³/mol. The molecule has 0 saturated carbocycles. The predicted octanol–water partition coefficient (Wildman–Crippen LogP) is -1.90. The van der Waals surface area contributed by atoms with Gasteiger partial charge < -0.3 is 14.7 Å². The topological polar surface area (TPSA) is 100.0 Å². The molecule has 0 saturated heterocycles. The normalized spacial score (nSPS) is 13.5. The molecule has 0 heterocycles. The van der Waals surface area contributed by atoms with Crippen molar-refractivity contribution in [2.24, 2.45) is 11.8 Å². The maximum atomic E-state index is 8.42. The fourth-order valence-electron chi connectivity index (χ4n) is 0.363. The molecule has 0 aliphatic rings. The van der Waals surface area contributed by atoms with E-state index in [0.717, 1.165) is 0 Å². The van der Waals surface area contributed by atoms with Crippen molar-refractivity contribution in [2.45, 2.75) is 6.29 Å². The van der Waals surface area contributed by atoms with Crippen molar-refractivity contribution in [1.29, 1.82) is 0 Å². The van der Waals surface area contributed by atoms with Crippen LogP contribution in [0.25, 0.3) is 0 Å². The lowest BCUT2D eigenvalue weighted by Crippen LogP contribution is -2.26. The van der Waals surface area contributed by atoms with Crippen LogP contribution in [0.1, 0.15) is 0 Å². The molecule has 6 heteroatoms. The molecule has 0 rings (SSSR count). The lowest BCUT2D eigenvalue weighted by atomic mass is 10.7. The maximum Gasteiger partial charge on any atom is 0.200 e. The van der Waals surface area contributed by atoms with Crippen LogP contribution in [0.3, 0.4) is 0 Å². The molecule has 0 aliphatic heterocycles. The quantitative estimate of drug-likeness (QED) is 0.233. The van der Waals surface area contributed by atoms with E-state index in [9.17, 15) is 0 Å². The van der Waals surface area contributed by atoms with E-state index in [4.69, 9.17) is 15.7 Å². The van der Waals surface area contributed by atoms with Crippen LogP contribution >= 0.6 is 0 Å². The number of ether oxygens (including phenoxy) is 1. The highest BCUT2D eigenvalue weighted by molar-refractivity contribution is 4.35. The fraction of sp³-hybridized carbons (Fsp3) is 1.00. The van der Waals surface area contributed by atoms with Crippen LogP contribution in [0.2, 0.25) is 0 Å². The first-order valence-electron chi connectivity index (χ1n) is 2.74. The van der Waals surface area contributed by atoms with Crippen LogP contribution < -0.4 is 11.8 Å². The van der Waals surface area contributed by atoms with E-state index in [2.05, 4.69) is 15.6 Å². The van der Waals surface area contributed by atoms with Gasteiger partial charge in [-0.25, -0.2) is 11.8 Å². The van der Waals surface area contributed by atoms with Crippen LogP contribution in [0.4, 0.5) is 0 Å². The standard InChI is InChI=1S/C4H12N2O4/c5-9-2-1-8-4(3-7)10-6/h4,7H,1-3,5-6H2. The molecule has 10 heavy (non-hydrogen) atoms. The Morgan fingerprint density at radius 1 is 1.30 bits per heavy atom. The Kier molecular flexibility index (Phi) is 6.71. The maximum absolute atomic E-state index is 8.42. The van der Waals surface area contributed by atoms with Crippen molar-refractivity contribution in [3.05, 3.63) is 0 Å². The monoisotopic (exact) mass is 152 g/mol. The zero-order chi connectivity index (χ0) is 7.82. The summed E-state index contributed by atoms with van der Waals surface area (Å²) in [5.74, 6) is 9.39. The van der Waals surface area contributed by atoms with E-state index >= 15 is 0 Å². The summed E-state index contributed by atoms with van der Waals surface area (Å²) in [5.41, 5.74) is 0. The Morgan fingerprint density at radius 2 is 2.00 bits per heavy atom. The third-order valence-electron chi connectivity index (χ3n) is 0.806. The van der Waals surface area contributed by atoms with Gasteiger partial charge in [0.2, 0.25) is 0 Å². The highest BCUT2D eigenvalue weighted by atomic mass is 16.8. The molecule has 0 spiro atoms. The smallest absolute Gasteiger partial charge is 0.200 e. The minimum Gasteiger partial charge on any atom is -0.391 e. The second-order valence-electron chi connectivity index (χ2n) is 1.49. The first kappa shape index (κ1) is 9.76. The zero-order valence-corrected chi connectivity index (χ0v) is 5.53. The molecule has 1 unspecified atom stereocenters. The largest absolute Gasteiger partial charge is 0.391 e. The molecule has 0 aromatic carbocycles. The lowest BCUT2D eigenvalue weighted by molar-refractivity contribution is -0.171. The number of nitrogens with two attached hydrogens (primary N) is 2. The fourth-order valence-corrected chi connectivity index (χ4v) is 0.363. The van der Waals surface area contributed by atoms with Gasteiger partial charge in [0, 0.05) is 0 Å². The summed E-state index contributed by atoms with van der Waals surface area (Å²) in [6.45, 7) is 0.180. The van der Waals surface area contributed by atoms with Crippen molar-refractivity contribution < 1.29 is 19.5 Å². The summed E-state index contributed by atoms with van der Waals surface area (Å²) in [5, 5.41) is 8.42. The van der Waals surface area contributed by atoms with Crippen molar-refractivity contribution in [1.82, 2.24) is 0 Å². The summed E-state index contributed by atoms with van der Waals surface area (Å²) in [7, 11) is 0. The van der Waals surface area contributed by atoms with Crippen LogP contribution in [0.5, 0.6) is 0 Å². The summed E-state index contributed by atoms with van der Waals surface area (Å²) in [6.07, 6.45) is -0.796. The number of hydrogen-bond acceptors (Lipinski definition) is 6. The molecule has 0 fully saturated rings. The Morgan fingerprint density at radius 3 is 2.40 bits per heavy atom. The van der Waals surface area contributed by atoms with Gasteiger partial charge in [0.1, 0.15) is 0 Å². The first-order valence-corrected chi connectivity index (χ1v) is 2.74. The number of aliphatic hydroxyl groups excluding tert-OH is 1. The van der Waals surface area contributed by atoms with E-state index in [-0.39, 0.29) is 19.8 Å². The number of hydrogen-bond donors (Lipinski definition) is 3. The number of rotatable bonds is 6.